The van der Waals surface area contributed by atoms with E-state index in [0.717, 1.165) is 50.5 Å². The van der Waals surface area contributed by atoms with Crippen LogP contribution in [0.1, 0.15) is 316 Å². The molecule has 9 aromatic rings. The van der Waals surface area contributed by atoms with E-state index in [1.807, 2.05) is 0 Å². The summed E-state index contributed by atoms with van der Waals surface area (Å²) in [6, 6.07) is 71.4. The lowest BCUT2D eigenvalue weighted by atomic mass is 9.79. The quantitative estimate of drug-likeness (QED) is 0.146. The summed E-state index contributed by atoms with van der Waals surface area (Å²) in [5.41, 5.74) is 38.8. The number of rotatable bonds is 0. The zero-order chi connectivity index (χ0) is 86.0. The molecule has 9 aliphatic rings. The van der Waals surface area contributed by atoms with Gasteiger partial charge in [0, 0.05) is 18.6 Å². The van der Waals surface area contributed by atoms with Crippen LogP contribution in [-0.2, 0) is 105 Å². The molecule has 0 saturated heterocycles. The second-order valence-electron chi connectivity index (χ2n) is 44.6. The smallest absolute Gasteiger partial charge is 0.0241 e. The second-order valence-corrected chi connectivity index (χ2v) is 44.6. The average Bonchev–Trinajstić information content (AvgIpc) is 1.65. The molecule has 1 heterocycles. The molecular weight excluding hydrogens is 1420 g/mol. The first-order chi connectivity index (χ1) is 55.1. The summed E-state index contributed by atoms with van der Waals surface area (Å²) >= 11 is 0. The van der Waals surface area contributed by atoms with Crippen molar-refractivity contribution < 1.29 is 0 Å². The van der Waals surface area contributed by atoms with Gasteiger partial charge in [-0.25, -0.2) is 0 Å². The van der Waals surface area contributed by atoms with Crippen LogP contribution in [0.5, 0.6) is 0 Å². The number of fused-ring (bicyclic) bond motifs is 9. The number of aryl methyl sites for hydroxylation is 2. The van der Waals surface area contributed by atoms with Gasteiger partial charge in [0.2, 0.25) is 0 Å². The fraction of sp³-hybridized carbons (Fsp3) is 0.453. The Bertz CT molecular complexity index is 4700. The maximum Gasteiger partial charge on any atom is 0.0241 e. The molecule has 18 rings (SSSR count). The molecule has 1 heteroatoms. The van der Waals surface area contributed by atoms with Gasteiger partial charge in [-0.05, 0) is 282 Å². The molecule has 0 bridgehead atoms. The maximum absolute atomic E-state index is 2.55. The lowest BCUT2D eigenvalue weighted by molar-refractivity contribution is 0.121. The van der Waals surface area contributed by atoms with Crippen molar-refractivity contribution in [1.29, 1.82) is 0 Å². The predicted octanol–water partition coefficient (Wildman–Crippen LogP) is 31.2. The van der Waals surface area contributed by atoms with E-state index in [4.69, 9.17) is 0 Å². The number of nitrogens with zero attached hydrogens (tertiary/aromatic N) is 1. The van der Waals surface area contributed by atoms with E-state index in [2.05, 4.69) is 435 Å². The van der Waals surface area contributed by atoms with Crippen LogP contribution in [0.4, 0.5) is 0 Å². The molecule has 0 saturated carbocycles. The summed E-state index contributed by atoms with van der Waals surface area (Å²) < 4.78 is 0. The molecule has 1 aliphatic heterocycles. The number of hydrogen-bond acceptors (Lipinski definition) is 1. The van der Waals surface area contributed by atoms with Crippen LogP contribution in [0.25, 0.3) is 30.4 Å². The van der Waals surface area contributed by atoms with Crippen LogP contribution < -0.4 is 0 Å². The Morgan fingerprint density at radius 3 is 0.941 bits per heavy atom. The van der Waals surface area contributed by atoms with E-state index >= 15 is 0 Å². The minimum Gasteiger partial charge on any atom is -0.294 e. The van der Waals surface area contributed by atoms with Crippen molar-refractivity contribution in [2.24, 2.45) is 33.5 Å². The first-order valence-electron chi connectivity index (χ1n) is 45.2. The van der Waals surface area contributed by atoms with Crippen molar-refractivity contribution in [3.63, 3.8) is 0 Å². The van der Waals surface area contributed by atoms with E-state index in [1.165, 1.54) is 147 Å². The first-order valence-corrected chi connectivity index (χ1v) is 45.2. The second kappa shape index (κ2) is 38.2. The molecule has 0 atom stereocenters. The summed E-state index contributed by atoms with van der Waals surface area (Å²) in [7, 11) is 0. The van der Waals surface area contributed by atoms with E-state index in [0.29, 0.717) is 32.6 Å². The Hall–Kier alpha value is -8.36. The average molecular weight is 1570 g/mol. The molecule has 9 aromatic carbocycles. The SMILES string of the molecule is CC(C)(C)C1=Cc2ccccc2C1.CC(C)(C)C1=Cc2ccccc2C1.CC(C)(C)C1Cc2ccccc2C1.CC(C)(C)C1Cc2ccccc2C1.CC(C)(C)N1CCc2ccccc2C1.CC(C)(C)c1ccc2c(c1)C=CC2.CC(C)(C)c1ccc2c(c1)CC=C2.CC(C)(C)c1ccc2c(c1)CC=C2.CC(C)(C)c1ccc2c(c1)CCC2. The van der Waals surface area contributed by atoms with Crippen molar-refractivity contribution >= 4 is 30.4 Å². The monoisotopic (exact) mass is 1570 g/mol. The van der Waals surface area contributed by atoms with Crippen molar-refractivity contribution in [3.05, 3.63) is 346 Å². The predicted molar refractivity (Wildman–Crippen MR) is 520 cm³/mol. The molecule has 8 aliphatic carbocycles. The van der Waals surface area contributed by atoms with Gasteiger partial charge in [-0.15, -0.1) is 0 Å². The fourth-order valence-corrected chi connectivity index (χ4v) is 17.1. The van der Waals surface area contributed by atoms with Crippen molar-refractivity contribution in [2.75, 3.05) is 6.54 Å². The molecule has 626 valence electrons. The van der Waals surface area contributed by atoms with Crippen LogP contribution >= 0.6 is 0 Å². The third-order valence-electron chi connectivity index (χ3n) is 26.0. The van der Waals surface area contributed by atoms with Gasteiger partial charge in [0.1, 0.15) is 0 Å². The van der Waals surface area contributed by atoms with Gasteiger partial charge in [-0.1, -0.05) is 420 Å². The Labute approximate surface area is 720 Å². The van der Waals surface area contributed by atoms with Crippen molar-refractivity contribution in [3.8, 4) is 0 Å². The molecule has 1 nitrogen and oxygen atoms in total. The zero-order valence-electron chi connectivity index (χ0n) is 78.8. The van der Waals surface area contributed by atoms with Gasteiger partial charge in [-0.2, -0.15) is 0 Å². The van der Waals surface area contributed by atoms with Gasteiger partial charge >= 0.3 is 0 Å². The van der Waals surface area contributed by atoms with Crippen molar-refractivity contribution in [2.45, 2.75) is 304 Å². The van der Waals surface area contributed by atoms with E-state index in [1.54, 1.807) is 44.5 Å². The van der Waals surface area contributed by atoms with Crippen molar-refractivity contribution in [1.82, 2.24) is 4.90 Å². The maximum atomic E-state index is 2.55. The number of allylic oxidation sites excluding steroid dienone is 5. The summed E-state index contributed by atoms with van der Waals surface area (Å²) in [5, 5.41) is 0. The Kier molecular flexibility index (Phi) is 29.7. The normalized spacial score (nSPS) is 16.0. The summed E-state index contributed by atoms with van der Waals surface area (Å²) in [5.74, 6) is 1.68. The van der Waals surface area contributed by atoms with Crippen LogP contribution in [-0.4, -0.2) is 17.0 Å². The Morgan fingerprint density at radius 2 is 0.568 bits per heavy atom. The van der Waals surface area contributed by atoms with E-state index in [-0.39, 0.29) is 16.2 Å². The molecular formula is C117H153N. The molecule has 0 amide bonds. The van der Waals surface area contributed by atoms with Crippen LogP contribution in [0.15, 0.2) is 223 Å². The largest absolute Gasteiger partial charge is 0.294 e. The van der Waals surface area contributed by atoms with Crippen LogP contribution in [0, 0.1) is 33.5 Å². The highest BCUT2D eigenvalue weighted by Gasteiger charge is 2.33. The highest BCUT2D eigenvalue weighted by atomic mass is 15.2. The third-order valence-corrected chi connectivity index (χ3v) is 26.0. The minimum atomic E-state index is 0.269. The van der Waals surface area contributed by atoms with E-state index < -0.39 is 0 Å². The minimum absolute atomic E-state index is 0.269. The van der Waals surface area contributed by atoms with Gasteiger partial charge in [0.05, 0.1) is 0 Å². The van der Waals surface area contributed by atoms with E-state index in [9.17, 15) is 0 Å². The van der Waals surface area contributed by atoms with Gasteiger partial charge in [0.15, 0.2) is 0 Å². The fourth-order valence-electron chi connectivity index (χ4n) is 17.1. The summed E-state index contributed by atoms with van der Waals surface area (Å²) in [6.45, 7) is 64.2. The number of hydrogen-bond donors (Lipinski definition) is 0. The molecule has 118 heavy (non-hydrogen) atoms. The van der Waals surface area contributed by atoms with Crippen LogP contribution in [0.2, 0.25) is 0 Å². The first kappa shape index (κ1) is 91.9. The standard InChI is InChI=1S/C13H19N.C13H18.3C13H16.2C13H18.2C13H16/c1-13(2,3)14-9-8-11-6-4-5-7-12(11)10-14;4*1-13(2,3)12-8-7-10-5-4-6-11(10)9-12;4*1-13(2,3)12-8-10-6-4-5-7-11(10)9-12/h4-7H,8-10H2,1-3H3;7-9H,4-6H2,1-3H3;4,6-9H,5H2,1-3H3;2*4-5,7-9H,6H2,1-3H3;2*4-7,12H,8-9H2,1-3H3;2*4-8H,9H2,1-3H3. The highest BCUT2D eigenvalue weighted by Crippen LogP contribution is 2.42. The molecule has 0 aromatic heterocycles. The molecule has 0 N–H and O–H groups in total. The Balaban J connectivity index is 0.000000140. The number of benzene rings is 9. The van der Waals surface area contributed by atoms with Gasteiger partial charge in [-0.3, -0.25) is 4.90 Å². The molecule has 0 radical (unpaired) electrons. The topological polar surface area (TPSA) is 3.24 Å². The van der Waals surface area contributed by atoms with Gasteiger partial charge < -0.3 is 0 Å². The molecule has 0 unspecified atom stereocenters. The summed E-state index contributed by atoms with van der Waals surface area (Å²) in [6.07, 6.45) is 33.9. The Morgan fingerprint density at radius 1 is 0.254 bits per heavy atom. The molecule has 0 fully saturated rings. The van der Waals surface area contributed by atoms with Gasteiger partial charge in [0.25, 0.3) is 0 Å². The summed E-state index contributed by atoms with van der Waals surface area (Å²) in [4.78, 5) is 2.55. The lowest BCUT2D eigenvalue weighted by Gasteiger charge is -2.39. The van der Waals surface area contributed by atoms with Crippen LogP contribution in [0.3, 0.4) is 0 Å². The zero-order valence-corrected chi connectivity index (χ0v) is 78.8. The lowest BCUT2D eigenvalue weighted by Crippen LogP contribution is -2.44. The molecule has 0 spiro atoms. The highest BCUT2D eigenvalue weighted by molar-refractivity contribution is 5.67. The third kappa shape index (κ3) is 25.8.